The van der Waals surface area contributed by atoms with Crippen LogP contribution in [0.15, 0.2) is 41.8 Å². The predicted octanol–water partition coefficient (Wildman–Crippen LogP) is 3.67. The van der Waals surface area contributed by atoms with Crippen LogP contribution in [0.1, 0.15) is 55.2 Å². The number of thioether (sulfide) groups is 1. The Morgan fingerprint density at radius 1 is 1.20 bits per heavy atom. The summed E-state index contributed by atoms with van der Waals surface area (Å²) in [5.41, 5.74) is 1.96. The summed E-state index contributed by atoms with van der Waals surface area (Å²) in [5, 5.41) is 4.11. The first-order valence-corrected chi connectivity index (χ1v) is 13.7. The Labute approximate surface area is 213 Å². The van der Waals surface area contributed by atoms with Gasteiger partial charge in [-0.3, -0.25) is 14.4 Å². The van der Waals surface area contributed by atoms with Crippen LogP contribution in [0.2, 0.25) is 0 Å². The molecule has 0 aliphatic carbocycles. The van der Waals surface area contributed by atoms with E-state index in [1.165, 1.54) is 6.92 Å². The fraction of sp³-hybridized carbons (Fsp3) is 0.462. The highest BCUT2D eigenvalue weighted by atomic mass is 32.2. The largest absolute Gasteiger partial charge is 0.464 e. The molecule has 1 saturated heterocycles. The van der Waals surface area contributed by atoms with E-state index < -0.39 is 23.3 Å². The highest BCUT2D eigenvalue weighted by Crippen LogP contribution is 2.42. The molecule has 3 unspecified atom stereocenters. The molecule has 3 heterocycles. The average molecular weight is 515 g/mol. The standard InChI is InChI=1S/C26H30N2O5S2/c1-3-33-26(32)21-11-7-10-20-23-18(12-13-34-23)15-19(25(31)28(20)21)27-24(30)22(35-16(2)29)14-17-8-5-4-6-9-17/h4-6,8-9,12-13,19-22H,3,7,10-11,14-15H2,1-2H3,(H,27,30)/t19?,20?,21?,22-/m0/s1. The van der Waals surface area contributed by atoms with Gasteiger partial charge in [-0.2, -0.15) is 0 Å². The molecule has 1 aromatic heterocycles. The van der Waals surface area contributed by atoms with Gasteiger partial charge in [0.05, 0.1) is 17.9 Å². The van der Waals surface area contributed by atoms with Gasteiger partial charge < -0.3 is 15.0 Å². The number of carbonyl (C=O) groups excluding carboxylic acids is 4. The van der Waals surface area contributed by atoms with Crippen LogP contribution >= 0.6 is 23.1 Å². The molecule has 4 rings (SSSR count). The number of hydrogen-bond donors (Lipinski definition) is 1. The number of amides is 2. The van der Waals surface area contributed by atoms with Crippen molar-refractivity contribution in [1.29, 1.82) is 0 Å². The number of piperidine rings is 1. The number of hydrogen-bond acceptors (Lipinski definition) is 7. The molecule has 2 aliphatic heterocycles. The van der Waals surface area contributed by atoms with E-state index in [1.807, 2.05) is 41.8 Å². The number of nitrogens with one attached hydrogen (secondary N) is 1. The summed E-state index contributed by atoms with van der Waals surface area (Å²) in [7, 11) is 0. The van der Waals surface area contributed by atoms with E-state index >= 15 is 0 Å². The Hall–Kier alpha value is -2.65. The molecule has 2 amide bonds. The lowest BCUT2D eigenvalue weighted by atomic mass is 9.94. The first kappa shape index (κ1) is 25.4. The fourth-order valence-electron chi connectivity index (χ4n) is 4.92. The van der Waals surface area contributed by atoms with Crippen LogP contribution in [0.25, 0.3) is 0 Å². The number of fused-ring (bicyclic) bond motifs is 3. The first-order valence-electron chi connectivity index (χ1n) is 12.0. The second-order valence-corrected chi connectivity index (χ2v) is 11.2. The second kappa shape index (κ2) is 11.4. The first-order chi connectivity index (χ1) is 16.9. The second-order valence-electron chi connectivity index (χ2n) is 8.82. The Kier molecular flexibility index (Phi) is 8.28. The van der Waals surface area contributed by atoms with Gasteiger partial charge in [0.15, 0.2) is 5.12 Å². The van der Waals surface area contributed by atoms with Crippen molar-refractivity contribution < 1.29 is 23.9 Å². The number of nitrogens with zero attached hydrogens (tertiary/aromatic N) is 1. The Balaban J connectivity index is 1.60. The molecule has 4 atom stereocenters. The molecule has 1 N–H and O–H groups in total. The van der Waals surface area contributed by atoms with Gasteiger partial charge in [0.2, 0.25) is 11.8 Å². The molecule has 0 saturated carbocycles. The third kappa shape index (κ3) is 5.78. The number of esters is 1. The minimum atomic E-state index is -0.818. The molecule has 186 valence electrons. The zero-order valence-electron chi connectivity index (χ0n) is 19.9. The zero-order chi connectivity index (χ0) is 24.9. The predicted molar refractivity (Wildman–Crippen MR) is 136 cm³/mol. The van der Waals surface area contributed by atoms with Gasteiger partial charge in [0.1, 0.15) is 12.1 Å². The van der Waals surface area contributed by atoms with E-state index in [-0.39, 0.29) is 29.6 Å². The van der Waals surface area contributed by atoms with Crippen molar-refractivity contribution in [2.24, 2.45) is 0 Å². The van der Waals surface area contributed by atoms with Gasteiger partial charge in [-0.05, 0) is 55.2 Å². The molecule has 1 fully saturated rings. The van der Waals surface area contributed by atoms with E-state index in [1.54, 1.807) is 23.2 Å². The van der Waals surface area contributed by atoms with Gasteiger partial charge >= 0.3 is 5.97 Å². The summed E-state index contributed by atoms with van der Waals surface area (Å²) in [5.74, 6) is -1.02. The minimum absolute atomic E-state index is 0.160. The van der Waals surface area contributed by atoms with Gasteiger partial charge in [-0.25, -0.2) is 4.79 Å². The van der Waals surface area contributed by atoms with Crippen LogP contribution in [-0.4, -0.2) is 51.7 Å². The van der Waals surface area contributed by atoms with Crippen molar-refractivity contribution in [3.8, 4) is 0 Å². The molecular formula is C26H30N2O5S2. The van der Waals surface area contributed by atoms with E-state index in [0.717, 1.165) is 40.6 Å². The van der Waals surface area contributed by atoms with Gasteiger partial charge in [-0.15, -0.1) is 11.3 Å². The van der Waals surface area contributed by atoms with Crippen molar-refractivity contribution >= 4 is 46.0 Å². The van der Waals surface area contributed by atoms with Crippen molar-refractivity contribution in [2.75, 3.05) is 6.61 Å². The Morgan fingerprint density at radius 3 is 2.69 bits per heavy atom. The van der Waals surface area contributed by atoms with Crippen LogP contribution < -0.4 is 5.32 Å². The van der Waals surface area contributed by atoms with Crippen LogP contribution in [-0.2, 0) is 36.8 Å². The monoisotopic (exact) mass is 514 g/mol. The topological polar surface area (TPSA) is 92.8 Å². The quantitative estimate of drug-likeness (QED) is 0.567. The van der Waals surface area contributed by atoms with Gasteiger partial charge in [0.25, 0.3) is 0 Å². The number of benzene rings is 1. The zero-order valence-corrected chi connectivity index (χ0v) is 21.5. The van der Waals surface area contributed by atoms with Crippen LogP contribution in [0.5, 0.6) is 0 Å². The molecule has 0 bridgehead atoms. The van der Waals surface area contributed by atoms with Crippen LogP contribution in [0.4, 0.5) is 0 Å². The number of thiophene rings is 1. The molecule has 2 aliphatic rings. The number of carbonyl (C=O) groups is 4. The SMILES string of the molecule is CCOC(=O)C1CCCC2c3sccc3CC(NC(=O)[C@H](Cc3ccccc3)SC(C)=O)C(=O)N12. The third-order valence-electron chi connectivity index (χ3n) is 6.43. The summed E-state index contributed by atoms with van der Waals surface area (Å²) in [6.07, 6.45) is 2.86. The molecule has 35 heavy (non-hydrogen) atoms. The van der Waals surface area contributed by atoms with Crippen LogP contribution in [0.3, 0.4) is 0 Å². The van der Waals surface area contributed by atoms with E-state index in [4.69, 9.17) is 4.74 Å². The Bertz CT molecular complexity index is 1090. The lowest BCUT2D eigenvalue weighted by molar-refractivity contribution is -0.160. The van der Waals surface area contributed by atoms with Crippen molar-refractivity contribution in [1.82, 2.24) is 10.2 Å². The average Bonchev–Trinajstić information content (AvgIpc) is 3.27. The molecule has 2 aromatic rings. The summed E-state index contributed by atoms with van der Waals surface area (Å²) >= 11 is 2.56. The maximum Gasteiger partial charge on any atom is 0.328 e. The van der Waals surface area contributed by atoms with Crippen molar-refractivity contribution in [3.05, 3.63) is 57.8 Å². The normalized spacial score (nSPS) is 22.4. The number of ether oxygens (including phenoxy) is 1. The summed E-state index contributed by atoms with van der Waals surface area (Å²) < 4.78 is 5.30. The molecule has 9 heteroatoms. The summed E-state index contributed by atoms with van der Waals surface area (Å²) in [4.78, 5) is 54.7. The molecular weight excluding hydrogens is 484 g/mol. The Morgan fingerprint density at radius 2 is 1.97 bits per heavy atom. The maximum absolute atomic E-state index is 13.8. The highest BCUT2D eigenvalue weighted by Gasteiger charge is 2.45. The highest BCUT2D eigenvalue weighted by molar-refractivity contribution is 8.14. The lowest BCUT2D eigenvalue weighted by Gasteiger charge is -2.40. The van der Waals surface area contributed by atoms with Crippen molar-refractivity contribution in [2.45, 2.75) is 69.3 Å². The minimum Gasteiger partial charge on any atom is -0.464 e. The van der Waals surface area contributed by atoms with E-state index in [2.05, 4.69) is 5.32 Å². The van der Waals surface area contributed by atoms with Gasteiger partial charge in [-0.1, -0.05) is 42.1 Å². The fourth-order valence-corrected chi connectivity index (χ4v) is 6.85. The molecule has 7 nitrogen and oxygen atoms in total. The van der Waals surface area contributed by atoms with E-state index in [9.17, 15) is 19.2 Å². The maximum atomic E-state index is 13.8. The van der Waals surface area contributed by atoms with Gasteiger partial charge in [0, 0.05) is 18.2 Å². The molecule has 0 spiro atoms. The third-order valence-corrected chi connectivity index (χ3v) is 8.48. The lowest BCUT2D eigenvalue weighted by Crippen LogP contribution is -2.56. The molecule has 1 aromatic carbocycles. The van der Waals surface area contributed by atoms with Crippen molar-refractivity contribution in [3.63, 3.8) is 0 Å². The summed E-state index contributed by atoms with van der Waals surface area (Å²) in [6, 6.07) is 9.82. The smallest absolute Gasteiger partial charge is 0.328 e. The van der Waals surface area contributed by atoms with Crippen LogP contribution in [0, 0.1) is 0 Å². The summed E-state index contributed by atoms with van der Waals surface area (Å²) in [6.45, 7) is 3.44. The molecule has 0 radical (unpaired) electrons. The number of rotatable bonds is 7. The van der Waals surface area contributed by atoms with E-state index in [0.29, 0.717) is 19.3 Å².